The van der Waals surface area contributed by atoms with Gasteiger partial charge in [-0.25, -0.2) is 9.80 Å². The van der Waals surface area contributed by atoms with Crippen molar-refractivity contribution in [2.24, 2.45) is 0 Å². The van der Waals surface area contributed by atoms with Crippen LogP contribution in [0.1, 0.15) is 40.4 Å². The Morgan fingerprint density at radius 1 is 1.26 bits per heavy atom. The van der Waals surface area contributed by atoms with E-state index in [2.05, 4.69) is 10.5 Å². The zero-order chi connectivity index (χ0) is 16.8. The van der Waals surface area contributed by atoms with E-state index >= 15 is 0 Å². The van der Waals surface area contributed by atoms with Crippen LogP contribution in [0.25, 0.3) is 0 Å². The smallest absolute Gasteiger partial charge is 0.356 e. The molecule has 0 atom stereocenters. The average molecular weight is 316 g/mol. The lowest BCUT2D eigenvalue weighted by molar-refractivity contribution is 0.0688. The van der Waals surface area contributed by atoms with E-state index in [1.807, 2.05) is 37.3 Å². The number of rotatable bonds is 7. The van der Waals surface area contributed by atoms with Gasteiger partial charge in [-0.2, -0.15) is 5.10 Å². The fourth-order valence-electron chi connectivity index (χ4n) is 2.18. The number of carboxylic acid groups (broad SMARTS) is 1. The topological polar surface area (TPSA) is 87.5 Å². The molecule has 0 unspecified atom stereocenters. The second-order valence-corrected chi connectivity index (χ2v) is 4.98. The normalized spacial score (nSPS) is 10.7. The van der Waals surface area contributed by atoms with E-state index in [1.54, 1.807) is 11.9 Å². The maximum atomic E-state index is 12.4. The molecule has 1 amide bonds. The summed E-state index contributed by atoms with van der Waals surface area (Å²) in [7, 11) is 0. The number of aromatic carboxylic acids is 1. The summed E-state index contributed by atoms with van der Waals surface area (Å²) in [6.45, 7) is 5.34. The lowest BCUT2D eigenvalue weighted by Crippen LogP contribution is -2.42. The van der Waals surface area contributed by atoms with Crippen molar-refractivity contribution in [3.05, 3.63) is 53.3 Å². The van der Waals surface area contributed by atoms with Gasteiger partial charge < -0.3 is 5.11 Å². The number of benzene rings is 1. The van der Waals surface area contributed by atoms with Gasteiger partial charge in [-0.1, -0.05) is 37.3 Å². The van der Waals surface area contributed by atoms with Crippen molar-refractivity contribution in [1.29, 1.82) is 0 Å². The van der Waals surface area contributed by atoms with Crippen molar-refractivity contribution < 1.29 is 14.7 Å². The summed E-state index contributed by atoms with van der Waals surface area (Å²) in [5.74, 6) is -1.52. The molecule has 0 bridgehead atoms. The van der Waals surface area contributed by atoms with Crippen LogP contribution in [0.2, 0.25) is 0 Å². The monoisotopic (exact) mass is 316 g/mol. The summed E-state index contributed by atoms with van der Waals surface area (Å²) >= 11 is 0. The van der Waals surface area contributed by atoms with Crippen molar-refractivity contribution >= 4 is 11.9 Å². The molecule has 0 aliphatic rings. The largest absolute Gasteiger partial charge is 0.476 e. The molecule has 2 rings (SSSR count). The molecular formula is C16H20N4O3. The molecule has 2 N–H and O–H groups in total. The van der Waals surface area contributed by atoms with E-state index in [0.717, 1.165) is 5.56 Å². The maximum absolute atomic E-state index is 12.4. The van der Waals surface area contributed by atoms with E-state index in [4.69, 9.17) is 5.11 Å². The maximum Gasteiger partial charge on any atom is 0.356 e. The van der Waals surface area contributed by atoms with Gasteiger partial charge in [-0.05, 0) is 12.5 Å². The minimum Gasteiger partial charge on any atom is -0.476 e. The Kier molecular flexibility index (Phi) is 5.48. The molecule has 7 heteroatoms. The highest BCUT2D eigenvalue weighted by molar-refractivity contribution is 5.95. The number of nitrogens with one attached hydrogen (secondary N) is 1. The van der Waals surface area contributed by atoms with Crippen LogP contribution >= 0.6 is 0 Å². The predicted molar refractivity (Wildman–Crippen MR) is 84.9 cm³/mol. The van der Waals surface area contributed by atoms with Crippen LogP contribution in [0.15, 0.2) is 36.4 Å². The number of carbonyl (C=O) groups is 2. The van der Waals surface area contributed by atoms with Gasteiger partial charge in [0.25, 0.3) is 5.91 Å². The number of carboxylic acids is 1. The Hall–Kier alpha value is -2.67. The standard InChI is InChI=1S/C16H20N4O3/c1-3-19(11-12-8-6-5-7-9-12)18-15(21)14-10-13(16(22)23)17-20(14)4-2/h5-10H,3-4,11H2,1-2H3,(H,18,21)(H,22,23). The van der Waals surface area contributed by atoms with Crippen LogP contribution < -0.4 is 5.43 Å². The molecular weight excluding hydrogens is 296 g/mol. The first-order valence-electron chi connectivity index (χ1n) is 7.46. The zero-order valence-electron chi connectivity index (χ0n) is 13.2. The number of hydrogen-bond acceptors (Lipinski definition) is 4. The molecule has 0 aliphatic heterocycles. The van der Waals surface area contributed by atoms with Crippen molar-refractivity contribution in [2.45, 2.75) is 26.9 Å². The molecule has 0 saturated heterocycles. The summed E-state index contributed by atoms with van der Waals surface area (Å²) in [5, 5.41) is 14.7. The highest BCUT2D eigenvalue weighted by Gasteiger charge is 2.19. The van der Waals surface area contributed by atoms with Gasteiger partial charge in [0.2, 0.25) is 0 Å². The summed E-state index contributed by atoms with van der Waals surface area (Å²) in [4.78, 5) is 23.4. The number of aryl methyl sites for hydroxylation is 1. The minimum absolute atomic E-state index is 0.136. The van der Waals surface area contributed by atoms with E-state index in [1.165, 1.54) is 10.7 Å². The second-order valence-electron chi connectivity index (χ2n) is 4.98. The number of nitrogens with zero attached hydrogens (tertiary/aromatic N) is 3. The number of hydrogen-bond donors (Lipinski definition) is 2. The first kappa shape index (κ1) is 16.7. The molecule has 0 aliphatic carbocycles. The Labute approximate surface area is 134 Å². The molecule has 1 aromatic heterocycles. The van der Waals surface area contributed by atoms with Crippen molar-refractivity contribution in [1.82, 2.24) is 20.2 Å². The van der Waals surface area contributed by atoms with Gasteiger partial charge in [0.1, 0.15) is 5.69 Å². The molecule has 2 aromatic rings. The average Bonchev–Trinajstić information content (AvgIpc) is 3.00. The van der Waals surface area contributed by atoms with Crippen LogP contribution in [-0.2, 0) is 13.1 Å². The molecule has 0 fully saturated rings. The molecule has 0 saturated carbocycles. The van der Waals surface area contributed by atoms with Gasteiger partial charge in [0.05, 0.1) is 0 Å². The third-order valence-corrected chi connectivity index (χ3v) is 3.39. The Morgan fingerprint density at radius 3 is 2.52 bits per heavy atom. The minimum atomic E-state index is -1.15. The summed E-state index contributed by atoms with van der Waals surface area (Å²) in [6.07, 6.45) is 0. The predicted octanol–water partition coefficient (Wildman–Crippen LogP) is 1.77. The number of amides is 1. The summed E-state index contributed by atoms with van der Waals surface area (Å²) in [5.41, 5.74) is 3.97. The van der Waals surface area contributed by atoms with Crippen LogP contribution in [0, 0.1) is 0 Å². The van der Waals surface area contributed by atoms with Gasteiger partial charge in [0, 0.05) is 25.7 Å². The highest BCUT2D eigenvalue weighted by atomic mass is 16.4. The van der Waals surface area contributed by atoms with Crippen molar-refractivity contribution in [3.63, 3.8) is 0 Å². The number of hydrazine groups is 1. The Bertz CT molecular complexity index is 682. The number of carbonyl (C=O) groups excluding carboxylic acids is 1. The number of aromatic nitrogens is 2. The first-order valence-corrected chi connectivity index (χ1v) is 7.46. The third-order valence-electron chi connectivity index (χ3n) is 3.39. The fourth-order valence-corrected chi connectivity index (χ4v) is 2.18. The summed E-state index contributed by atoms with van der Waals surface area (Å²) in [6, 6.07) is 11.1. The molecule has 0 spiro atoms. The molecule has 23 heavy (non-hydrogen) atoms. The lowest BCUT2D eigenvalue weighted by Gasteiger charge is -2.21. The zero-order valence-corrected chi connectivity index (χ0v) is 13.2. The Balaban J connectivity index is 2.12. The van der Waals surface area contributed by atoms with E-state index in [0.29, 0.717) is 19.6 Å². The molecule has 7 nitrogen and oxygen atoms in total. The van der Waals surface area contributed by atoms with E-state index < -0.39 is 5.97 Å². The third kappa shape index (κ3) is 4.17. The van der Waals surface area contributed by atoms with Gasteiger partial charge in [0.15, 0.2) is 5.69 Å². The molecule has 1 aromatic carbocycles. The van der Waals surface area contributed by atoms with Gasteiger partial charge in [-0.15, -0.1) is 0 Å². The Morgan fingerprint density at radius 2 is 1.96 bits per heavy atom. The lowest BCUT2D eigenvalue weighted by atomic mass is 10.2. The summed E-state index contributed by atoms with van der Waals surface area (Å²) < 4.78 is 1.38. The molecule has 0 radical (unpaired) electrons. The van der Waals surface area contributed by atoms with Gasteiger partial charge in [-0.3, -0.25) is 14.9 Å². The van der Waals surface area contributed by atoms with Crippen LogP contribution in [0.5, 0.6) is 0 Å². The first-order chi connectivity index (χ1) is 11.0. The fraction of sp³-hybridized carbons (Fsp3) is 0.312. The molecule has 1 heterocycles. The quantitative estimate of drug-likeness (QED) is 0.760. The van der Waals surface area contributed by atoms with Crippen LogP contribution in [0.4, 0.5) is 0 Å². The van der Waals surface area contributed by atoms with E-state index in [-0.39, 0.29) is 17.3 Å². The highest BCUT2D eigenvalue weighted by Crippen LogP contribution is 2.07. The SMILES string of the molecule is CCN(Cc1ccccc1)NC(=O)c1cc(C(=O)O)nn1CC. The molecule has 122 valence electrons. The van der Waals surface area contributed by atoms with E-state index in [9.17, 15) is 9.59 Å². The van der Waals surface area contributed by atoms with Gasteiger partial charge >= 0.3 is 5.97 Å². The van der Waals surface area contributed by atoms with Crippen LogP contribution in [0.3, 0.4) is 0 Å². The van der Waals surface area contributed by atoms with Crippen LogP contribution in [-0.4, -0.2) is 38.3 Å². The van der Waals surface area contributed by atoms with Crippen molar-refractivity contribution in [2.75, 3.05) is 6.54 Å². The second kappa shape index (κ2) is 7.55. The van der Waals surface area contributed by atoms with Crippen molar-refractivity contribution in [3.8, 4) is 0 Å².